The van der Waals surface area contributed by atoms with Crippen molar-refractivity contribution in [2.24, 2.45) is 0 Å². The Morgan fingerprint density at radius 1 is 1.04 bits per heavy atom. The number of carbonyl (C=O) groups is 3. The highest BCUT2D eigenvalue weighted by Crippen LogP contribution is 2.42. The van der Waals surface area contributed by atoms with E-state index in [0.717, 1.165) is 5.56 Å². The molecular formula is C20H20ClN3O3. The van der Waals surface area contributed by atoms with Crippen LogP contribution in [0.3, 0.4) is 0 Å². The molecular weight excluding hydrogens is 366 g/mol. The van der Waals surface area contributed by atoms with E-state index in [0.29, 0.717) is 22.1 Å². The molecule has 0 spiro atoms. The molecule has 3 rings (SSSR count). The molecule has 0 aliphatic carbocycles. The maximum Gasteiger partial charge on any atom is 0.244 e. The van der Waals surface area contributed by atoms with Gasteiger partial charge in [-0.3, -0.25) is 14.4 Å². The third kappa shape index (κ3) is 3.80. The lowest BCUT2D eigenvalue weighted by atomic mass is 9.86. The average Bonchev–Trinajstić information content (AvgIpc) is 2.77. The number of nitrogens with one attached hydrogen (secondary N) is 2. The molecule has 1 aliphatic heterocycles. The minimum Gasteiger partial charge on any atom is -0.326 e. The Labute approximate surface area is 162 Å². The van der Waals surface area contributed by atoms with Crippen molar-refractivity contribution in [1.82, 2.24) is 0 Å². The van der Waals surface area contributed by atoms with E-state index in [1.54, 1.807) is 42.5 Å². The summed E-state index contributed by atoms with van der Waals surface area (Å²) in [4.78, 5) is 37.8. The highest BCUT2D eigenvalue weighted by molar-refractivity contribution is 6.31. The number of rotatable bonds is 4. The van der Waals surface area contributed by atoms with Gasteiger partial charge in [-0.05, 0) is 61.9 Å². The van der Waals surface area contributed by atoms with Gasteiger partial charge >= 0.3 is 0 Å². The van der Waals surface area contributed by atoms with Crippen LogP contribution in [0.15, 0.2) is 42.5 Å². The Hall–Kier alpha value is -2.86. The van der Waals surface area contributed by atoms with Crippen LogP contribution in [0.2, 0.25) is 5.02 Å². The summed E-state index contributed by atoms with van der Waals surface area (Å²) in [5.41, 5.74) is 2.00. The van der Waals surface area contributed by atoms with E-state index in [-0.39, 0.29) is 24.3 Å². The first-order chi connectivity index (χ1) is 12.7. The van der Waals surface area contributed by atoms with E-state index in [1.165, 1.54) is 11.8 Å². The zero-order valence-corrected chi connectivity index (χ0v) is 16.1. The van der Waals surface area contributed by atoms with Gasteiger partial charge in [-0.2, -0.15) is 0 Å². The fourth-order valence-corrected chi connectivity index (χ4v) is 3.32. The van der Waals surface area contributed by atoms with Crippen molar-refractivity contribution in [3.63, 3.8) is 0 Å². The molecule has 0 saturated carbocycles. The first-order valence-electron chi connectivity index (χ1n) is 8.48. The molecule has 2 aromatic rings. The molecule has 3 amide bonds. The minimum atomic E-state index is -0.736. The lowest BCUT2D eigenvalue weighted by molar-refractivity contribution is -0.124. The lowest BCUT2D eigenvalue weighted by Crippen LogP contribution is -2.40. The van der Waals surface area contributed by atoms with Gasteiger partial charge in [0.1, 0.15) is 6.54 Å². The topological polar surface area (TPSA) is 78.5 Å². The maximum absolute atomic E-state index is 12.8. The van der Waals surface area contributed by atoms with Gasteiger partial charge in [0, 0.05) is 29.0 Å². The summed E-state index contributed by atoms with van der Waals surface area (Å²) >= 11 is 6.07. The molecule has 0 atom stereocenters. The predicted molar refractivity (Wildman–Crippen MR) is 106 cm³/mol. The largest absolute Gasteiger partial charge is 0.326 e. The molecule has 2 N–H and O–H groups in total. The molecule has 0 aromatic heterocycles. The minimum absolute atomic E-state index is 0.0929. The first-order valence-corrected chi connectivity index (χ1v) is 8.86. The zero-order chi connectivity index (χ0) is 19.8. The highest BCUT2D eigenvalue weighted by atomic mass is 35.5. The van der Waals surface area contributed by atoms with Crippen LogP contribution in [0.5, 0.6) is 0 Å². The molecule has 2 aromatic carbocycles. The van der Waals surface area contributed by atoms with Crippen molar-refractivity contribution in [2.45, 2.75) is 26.2 Å². The number of amides is 3. The number of hydrogen-bond acceptors (Lipinski definition) is 3. The highest BCUT2D eigenvalue weighted by Gasteiger charge is 2.44. The monoisotopic (exact) mass is 385 g/mol. The molecule has 1 aliphatic rings. The standard InChI is InChI=1S/C20H20ClN3O3/c1-12(25)22-14-5-7-15(8-6-14)23-18(26)11-24-17-9-4-13(21)10-16(17)20(2,3)19(24)27/h4-10H,11H2,1-3H3,(H,22,25)(H,23,26). The Balaban J connectivity index is 1.73. The quantitative estimate of drug-likeness (QED) is 0.844. The summed E-state index contributed by atoms with van der Waals surface area (Å²) in [6.07, 6.45) is 0. The third-order valence-corrected chi connectivity index (χ3v) is 4.73. The van der Waals surface area contributed by atoms with Gasteiger partial charge in [0.2, 0.25) is 17.7 Å². The molecule has 0 unspecified atom stereocenters. The number of benzene rings is 2. The zero-order valence-electron chi connectivity index (χ0n) is 15.3. The third-order valence-electron chi connectivity index (χ3n) is 4.49. The number of carbonyl (C=O) groups excluding carboxylic acids is 3. The normalized spacial score (nSPS) is 14.7. The summed E-state index contributed by atoms with van der Waals surface area (Å²) in [6.45, 7) is 4.98. The van der Waals surface area contributed by atoms with Crippen LogP contribution in [-0.2, 0) is 19.8 Å². The Kier molecular flexibility index (Phi) is 4.93. The van der Waals surface area contributed by atoms with Crippen molar-refractivity contribution in [3.8, 4) is 0 Å². The number of anilines is 3. The van der Waals surface area contributed by atoms with E-state index in [4.69, 9.17) is 11.6 Å². The SMILES string of the molecule is CC(=O)Nc1ccc(NC(=O)CN2C(=O)C(C)(C)c3cc(Cl)ccc32)cc1. The van der Waals surface area contributed by atoms with Gasteiger partial charge in [0.15, 0.2) is 0 Å². The Morgan fingerprint density at radius 3 is 2.22 bits per heavy atom. The summed E-state index contributed by atoms with van der Waals surface area (Å²) < 4.78 is 0. The molecule has 0 fully saturated rings. The van der Waals surface area contributed by atoms with Crippen LogP contribution < -0.4 is 15.5 Å². The second-order valence-corrected chi connectivity index (χ2v) is 7.42. The van der Waals surface area contributed by atoms with Gasteiger partial charge in [-0.1, -0.05) is 11.6 Å². The average molecular weight is 386 g/mol. The fraction of sp³-hybridized carbons (Fsp3) is 0.250. The van der Waals surface area contributed by atoms with Crippen LogP contribution in [0.4, 0.5) is 17.1 Å². The van der Waals surface area contributed by atoms with Gasteiger partial charge in [0.25, 0.3) is 0 Å². The Bertz CT molecular complexity index is 923. The molecule has 0 bridgehead atoms. The van der Waals surface area contributed by atoms with E-state index in [2.05, 4.69) is 10.6 Å². The second-order valence-electron chi connectivity index (χ2n) is 6.98. The van der Waals surface area contributed by atoms with Gasteiger partial charge in [-0.25, -0.2) is 0 Å². The fourth-order valence-electron chi connectivity index (χ4n) is 3.15. The van der Waals surface area contributed by atoms with Crippen molar-refractivity contribution < 1.29 is 14.4 Å². The van der Waals surface area contributed by atoms with E-state index >= 15 is 0 Å². The summed E-state index contributed by atoms with van der Waals surface area (Å²) in [6, 6.07) is 12.0. The molecule has 140 valence electrons. The van der Waals surface area contributed by atoms with E-state index in [9.17, 15) is 14.4 Å². The molecule has 27 heavy (non-hydrogen) atoms. The van der Waals surface area contributed by atoms with Crippen molar-refractivity contribution >= 4 is 46.4 Å². The van der Waals surface area contributed by atoms with E-state index < -0.39 is 5.41 Å². The van der Waals surface area contributed by atoms with Crippen LogP contribution in [0.1, 0.15) is 26.3 Å². The summed E-state index contributed by atoms with van der Waals surface area (Å²) in [5.74, 6) is -0.620. The van der Waals surface area contributed by atoms with Crippen molar-refractivity contribution in [3.05, 3.63) is 53.1 Å². The predicted octanol–water partition coefficient (Wildman–Crippen LogP) is 3.56. The molecule has 7 heteroatoms. The number of fused-ring (bicyclic) bond motifs is 1. The lowest BCUT2D eigenvalue weighted by Gasteiger charge is -2.20. The van der Waals surface area contributed by atoms with Crippen LogP contribution in [0, 0.1) is 0 Å². The van der Waals surface area contributed by atoms with Crippen molar-refractivity contribution in [2.75, 3.05) is 22.1 Å². The number of hydrogen-bond donors (Lipinski definition) is 2. The van der Waals surface area contributed by atoms with Gasteiger partial charge < -0.3 is 15.5 Å². The van der Waals surface area contributed by atoms with Crippen LogP contribution in [0.25, 0.3) is 0 Å². The second kappa shape index (κ2) is 7.04. The molecule has 6 nitrogen and oxygen atoms in total. The van der Waals surface area contributed by atoms with Crippen LogP contribution in [-0.4, -0.2) is 24.3 Å². The number of nitrogens with zero attached hydrogens (tertiary/aromatic N) is 1. The molecule has 1 heterocycles. The van der Waals surface area contributed by atoms with Gasteiger partial charge in [-0.15, -0.1) is 0 Å². The summed E-state index contributed by atoms with van der Waals surface area (Å²) in [7, 11) is 0. The number of halogens is 1. The Morgan fingerprint density at radius 2 is 1.63 bits per heavy atom. The molecule has 0 radical (unpaired) electrons. The van der Waals surface area contributed by atoms with Crippen molar-refractivity contribution in [1.29, 1.82) is 0 Å². The maximum atomic E-state index is 12.8. The smallest absolute Gasteiger partial charge is 0.244 e. The molecule has 0 saturated heterocycles. The van der Waals surface area contributed by atoms with Gasteiger partial charge in [0.05, 0.1) is 5.41 Å². The summed E-state index contributed by atoms with van der Waals surface area (Å²) in [5, 5.41) is 5.98. The van der Waals surface area contributed by atoms with Crippen LogP contribution >= 0.6 is 11.6 Å². The van der Waals surface area contributed by atoms with E-state index in [1.807, 2.05) is 13.8 Å². The first kappa shape index (κ1) is 18.9.